The van der Waals surface area contributed by atoms with Crippen LogP contribution >= 0.6 is 0 Å². The fraction of sp³-hybridized carbons (Fsp3) is 0.385. The van der Waals surface area contributed by atoms with Crippen LogP contribution in [0.1, 0.15) is 63.1 Å². The fourth-order valence-electron chi connectivity index (χ4n) is 4.46. The number of carbonyl (C=O) groups is 1. The Morgan fingerprint density at radius 1 is 1.32 bits per heavy atom. The molecule has 1 aliphatic heterocycles. The first-order valence-electron chi connectivity index (χ1n) is 10.8. The van der Waals surface area contributed by atoms with E-state index in [2.05, 4.69) is 37.9 Å². The van der Waals surface area contributed by atoms with E-state index >= 15 is 4.39 Å². The highest BCUT2D eigenvalue weighted by atomic mass is 19.1. The van der Waals surface area contributed by atoms with Crippen LogP contribution in [0.15, 0.2) is 48.0 Å². The molecule has 0 bridgehead atoms. The second kappa shape index (κ2) is 9.34. The third-order valence-corrected chi connectivity index (χ3v) is 5.91. The van der Waals surface area contributed by atoms with E-state index in [1.165, 1.54) is 6.08 Å². The summed E-state index contributed by atoms with van der Waals surface area (Å²) in [6.07, 6.45) is 3.28. The molecule has 3 rings (SSSR count). The molecule has 1 aliphatic rings. The molecule has 0 fully saturated rings. The summed E-state index contributed by atoms with van der Waals surface area (Å²) in [5.41, 5.74) is 3.01. The predicted octanol–water partition coefficient (Wildman–Crippen LogP) is 5.55. The van der Waals surface area contributed by atoms with Crippen LogP contribution in [0.4, 0.5) is 10.1 Å². The standard InChI is InChI=1S/C26H30FN3O/c1-5-11-30-24-14-23(27)20(13-22(24)18(2)15-26(30,3)4)12-21(16-28)25(31)29-17-19-9-7-6-8-10-19/h6-10,12-14,18H,5,11,15,17H2,1-4H3,(H,29,31)/b21-12+. The largest absolute Gasteiger partial charge is 0.366 e. The van der Waals surface area contributed by atoms with E-state index in [1.807, 2.05) is 36.4 Å². The minimum absolute atomic E-state index is 0.0542. The second-order valence-corrected chi connectivity index (χ2v) is 8.84. The van der Waals surface area contributed by atoms with Gasteiger partial charge in [0.05, 0.1) is 0 Å². The monoisotopic (exact) mass is 419 g/mol. The zero-order valence-electron chi connectivity index (χ0n) is 18.7. The number of nitrogens with one attached hydrogen (secondary N) is 1. The lowest BCUT2D eigenvalue weighted by Crippen LogP contribution is -2.48. The number of hydrogen-bond acceptors (Lipinski definition) is 3. The molecule has 0 radical (unpaired) electrons. The third-order valence-electron chi connectivity index (χ3n) is 5.91. The molecule has 0 aliphatic carbocycles. The number of anilines is 1. The Balaban J connectivity index is 1.90. The lowest BCUT2D eigenvalue weighted by Gasteiger charge is -2.47. The van der Waals surface area contributed by atoms with Gasteiger partial charge in [0.15, 0.2) is 0 Å². The van der Waals surface area contributed by atoms with E-state index in [9.17, 15) is 10.1 Å². The SMILES string of the molecule is CCCN1c2cc(F)c(/C=C(\C#N)C(=O)NCc3ccccc3)cc2C(C)CC1(C)C. The highest BCUT2D eigenvalue weighted by Crippen LogP contribution is 2.44. The molecule has 1 N–H and O–H groups in total. The Bertz CT molecular complexity index is 1020. The Labute approximate surface area is 184 Å². The maximum Gasteiger partial charge on any atom is 0.262 e. The van der Waals surface area contributed by atoms with E-state index in [-0.39, 0.29) is 22.6 Å². The van der Waals surface area contributed by atoms with Crippen LogP contribution in [0.5, 0.6) is 0 Å². The smallest absolute Gasteiger partial charge is 0.262 e. The number of halogens is 1. The van der Waals surface area contributed by atoms with Crippen molar-refractivity contribution in [3.05, 3.63) is 70.5 Å². The molecule has 1 unspecified atom stereocenters. The van der Waals surface area contributed by atoms with Gasteiger partial charge in [0.1, 0.15) is 17.5 Å². The van der Waals surface area contributed by atoms with Gasteiger partial charge < -0.3 is 10.2 Å². The molecule has 162 valence electrons. The van der Waals surface area contributed by atoms with Gasteiger partial charge in [-0.25, -0.2) is 4.39 Å². The number of amides is 1. The molecule has 0 aromatic heterocycles. The van der Waals surface area contributed by atoms with Gasteiger partial charge in [-0.1, -0.05) is 44.2 Å². The van der Waals surface area contributed by atoms with E-state index in [0.29, 0.717) is 6.54 Å². The maximum absolute atomic E-state index is 15.1. The zero-order chi connectivity index (χ0) is 22.6. The number of nitrogens with zero attached hydrogens (tertiary/aromatic N) is 2. The second-order valence-electron chi connectivity index (χ2n) is 8.84. The highest BCUT2D eigenvalue weighted by Gasteiger charge is 2.36. The average Bonchev–Trinajstić information content (AvgIpc) is 2.74. The molecule has 0 saturated carbocycles. The van der Waals surface area contributed by atoms with Gasteiger partial charge in [0.2, 0.25) is 0 Å². The van der Waals surface area contributed by atoms with Gasteiger partial charge in [-0.2, -0.15) is 5.26 Å². The number of nitriles is 1. The van der Waals surface area contributed by atoms with Crippen LogP contribution in [0, 0.1) is 17.1 Å². The number of carbonyl (C=O) groups excluding carboxylic acids is 1. The molecule has 1 amide bonds. The van der Waals surface area contributed by atoms with Crippen LogP contribution in [-0.4, -0.2) is 18.0 Å². The molecule has 0 saturated heterocycles. The molecule has 1 heterocycles. The number of benzene rings is 2. The van der Waals surface area contributed by atoms with Crippen molar-refractivity contribution in [1.82, 2.24) is 5.32 Å². The highest BCUT2D eigenvalue weighted by molar-refractivity contribution is 6.01. The first-order valence-corrected chi connectivity index (χ1v) is 10.8. The fourth-order valence-corrected chi connectivity index (χ4v) is 4.46. The summed E-state index contributed by atoms with van der Waals surface area (Å²) >= 11 is 0. The molecular formula is C26H30FN3O. The summed E-state index contributed by atoms with van der Waals surface area (Å²) in [7, 11) is 0. The van der Waals surface area contributed by atoms with Crippen LogP contribution in [0.3, 0.4) is 0 Å². The summed E-state index contributed by atoms with van der Waals surface area (Å²) < 4.78 is 15.1. The first kappa shape index (κ1) is 22.6. The molecule has 0 spiro atoms. The van der Waals surface area contributed by atoms with Crippen molar-refractivity contribution in [3.63, 3.8) is 0 Å². The van der Waals surface area contributed by atoms with Gasteiger partial charge in [-0.05, 0) is 61.9 Å². The van der Waals surface area contributed by atoms with Crippen LogP contribution in [0.25, 0.3) is 6.08 Å². The molecule has 4 nitrogen and oxygen atoms in total. The van der Waals surface area contributed by atoms with Crippen molar-refractivity contribution in [1.29, 1.82) is 5.26 Å². The maximum atomic E-state index is 15.1. The minimum atomic E-state index is -0.509. The molecule has 5 heteroatoms. The zero-order valence-corrected chi connectivity index (χ0v) is 18.7. The summed E-state index contributed by atoms with van der Waals surface area (Å²) in [5, 5.41) is 12.2. The summed E-state index contributed by atoms with van der Waals surface area (Å²) in [4.78, 5) is 14.8. The van der Waals surface area contributed by atoms with Crippen molar-refractivity contribution in [2.45, 2.75) is 58.5 Å². The quantitative estimate of drug-likeness (QED) is 0.493. The van der Waals surface area contributed by atoms with Crippen molar-refractivity contribution >= 4 is 17.7 Å². The molecule has 2 aromatic carbocycles. The van der Waals surface area contributed by atoms with Gasteiger partial charge in [0.25, 0.3) is 5.91 Å². The van der Waals surface area contributed by atoms with Crippen LogP contribution < -0.4 is 10.2 Å². The Hall–Kier alpha value is -3.13. The third kappa shape index (κ3) is 4.96. The number of hydrogen-bond donors (Lipinski definition) is 1. The topological polar surface area (TPSA) is 56.1 Å². The Morgan fingerprint density at radius 3 is 2.68 bits per heavy atom. The molecule has 31 heavy (non-hydrogen) atoms. The molecular weight excluding hydrogens is 389 g/mol. The van der Waals surface area contributed by atoms with Crippen LogP contribution in [0.2, 0.25) is 0 Å². The average molecular weight is 420 g/mol. The first-order chi connectivity index (χ1) is 14.8. The van der Waals surface area contributed by atoms with Crippen molar-refractivity contribution in [2.75, 3.05) is 11.4 Å². The number of rotatable bonds is 6. The molecule has 2 aromatic rings. The van der Waals surface area contributed by atoms with E-state index < -0.39 is 11.7 Å². The van der Waals surface area contributed by atoms with E-state index in [0.717, 1.165) is 36.2 Å². The van der Waals surface area contributed by atoms with E-state index in [1.54, 1.807) is 12.1 Å². The van der Waals surface area contributed by atoms with Crippen molar-refractivity contribution in [2.24, 2.45) is 0 Å². The predicted molar refractivity (Wildman–Crippen MR) is 123 cm³/mol. The Kier molecular flexibility index (Phi) is 6.80. The van der Waals surface area contributed by atoms with Gasteiger partial charge in [-0.15, -0.1) is 0 Å². The normalized spacial score (nSPS) is 17.6. The minimum Gasteiger partial charge on any atom is -0.366 e. The summed E-state index contributed by atoms with van der Waals surface area (Å²) in [6.45, 7) is 9.81. The van der Waals surface area contributed by atoms with Crippen molar-refractivity contribution < 1.29 is 9.18 Å². The van der Waals surface area contributed by atoms with Gasteiger partial charge >= 0.3 is 0 Å². The summed E-state index contributed by atoms with van der Waals surface area (Å²) in [6, 6.07) is 14.7. The number of fused-ring (bicyclic) bond motifs is 1. The van der Waals surface area contributed by atoms with Crippen molar-refractivity contribution in [3.8, 4) is 6.07 Å². The van der Waals surface area contributed by atoms with Gasteiger partial charge in [0, 0.05) is 29.9 Å². The van der Waals surface area contributed by atoms with E-state index in [4.69, 9.17) is 0 Å². The summed E-state index contributed by atoms with van der Waals surface area (Å²) in [5.74, 6) is -0.679. The van der Waals surface area contributed by atoms with Gasteiger partial charge in [-0.3, -0.25) is 4.79 Å². The lowest BCUT2D eigenvalue weighted by atomic mass is 9.79. The van der Waals surface area contributed by atoms with Crippen LogP contribution in [-0.2, 0) is 11.3 Å². The Morgan fingerprint density at radius 2 is 2.03 bits per heavy atom. The molecule has 1 atom stereocenters. The lowest BCUT2D eigenvalue weighted by molar-refractivity contribution is -0.117.